The molecule has 3 aromatic rings. The Kier molecular flexibility index (Phi) is 5.78. The molecule has 2 N–H and O–H groups in total. The van der Waals surface area contributed by atoms with E-state index in [0.717, 1.165) is 0 Å². The number of ether oxygens (including phenoxy) is 1. The summed E-state index contributed by atoms with van der Waals surface area (Å²) in [6.45, 7) is 1.38. The highest BCUT2D eigenvalue weighted by molar-refractivity contribution is 6.12. The van der Waals surface area contributed by atoms with E-state index < -0.39 is 10.7 Å². The number of anilines is 1. The van der Waals surface area contributed by atoms with Crippen molar-refractivity contribution in [3.8, 4) is 22.6 Å². The Bertz CT molecular complexity index is 1140. The molecule has 0 saturated heterocycles. The number of carbonyl (C=O) groups is 2. The summed E-state index contributed by atoms with van der Waals surface area (Å²) in [5.74, 6) is -0.754. The molecule has 0 atom stereocenters. The number of ketones is 1. The van der Waals surface area contributed by atoms with Gasteiger partial charge in [-0.3, -0.25) is 19.7 Å². The van der Waals surface area contributed by atoms with Gasteiger partial charge in [-0.05, 0) is 42.0 Å². The van der Waals surface area contributed by atoms with Crippen LogP contribution in [0.5, 0.6) is 11.5 Å². The van der Waals surface area contributed by atoms with Gasteiger partial charge in [0, 0.05) is 30.3 Å². The van der Waals surface area contributed by atoms with E-state index in [0.29, 0.717) is 16.8 Å². The number of methoxy groups -OCH3 is 1. The summed E-state index contributed by atoms with van der Waals surface area (Å²) in [6, 6.07) is 14.9. The van der Waals surface area contributed by atoms with E-state index in [9.17, 15) is 24.8 Å². The van der Waals surface area contributed by atoms with Crippen molar-refractivity contribution in [1.82, 2.24) is 0 Å². The molecule has 152 valence electrons. The number of rotatable bonds is 6. The van der Waals surface area contributed by atoms with E-state index in [4.69, 9.17) is 4.74 Å². The van der Waals surface area contributed by atoms with Crippen molar-refractivity contribution in [2.24, 2.45) is 0 Å². The Morgan fingerprint density at radius 1 is 1.07 bits per heavy atom. The van der Waals surface area contributed by atoms with Gasteiger partial charge < -0.3 is 15.2 Å². The average molecular weight is 406 g/mol. The highest BCUT2D eigenvalue weighted by Crippen LogP contribution is 2.41. The fourth-order valence-electron chi connectivity index (χ4n) is 3.04. The Labute approximate surface area is 171 Å². The highest BCUT2D eigenvalue weighted by atomic mass is 16.6. The number of hydrogen-bond acceptors (Lipinski definition) is 6. The molecule has 3 aromatic carbocycles. The van der Waals surface area contributed by atoms with Crippen LogP contribution in [0.1, 0.15) is 22.8 Å². The summed E-state index contributed by atoms with van der Waals surface area (Å²) in [4.78, 5) is 34.7. The first kappa shape index (κ1) is 20.5. The van der Waals surface area contributed by atoms with Gasteiger partial charge in [0.25, 0.3) is 5.69 Å². The number of nitrogens with one attached hydrogen (secondary N) is 1. The minimum atomic E-state index is -0.543. The number of carbonyl (C=O) groups excluding carboxylic acids is 2. The first-order valence-corrected chi connectivity index (χ1v) is 8.89. The smallest absolute Gasteiger partial charge is 0.270 e. The summed E-state index contributed by atoms with van der Waals surface area (Å²) < 4.78 is 5.29. The molecule has 30 heavy (non-hydrogen) atoms. The first-order chi connectivity index (χ1) is 14.3. The van der Waals surface area contributed by atoms with Crippen LogP contribution in [0, 0.1) is 10.1 Å². The van der Waals surface area contributed by atoms with Crippen LogP contribution in [-0.4, -0.2) is 28.8 Å². The van der Waals surface area contributed by atoms with Crippen LogP contribution in [0.25, 0.3) is 11.1 Å². The number of nitrogens with zero attached hydrogens (tertiary/aromatic N) is 1. The Morgan fingerprint density at radius 3 is 2.37 bits per heavy atom. The fourth-order valence-corrected chi connectivity index (χ4v) is 3.04. The third-order valence-electron chi connectivity index (χ3n) is 4.42. The largest absolute Gasteiger partial charge is 0.506 e. The van der Waals surface area contributed by atoms with Crippen LogP contribution in [-0.2, 0) is 4.79 Å². The van der Waals surface area contributed by atoms with Crippen molar-refractivity contribution < 1.29 is 24.4 Å². The molecule has 1 amide bonds. The zero-order chi connectivity index (χ0) is 21.8. The third-order valence-corrected chi connectivity index (χ3v) is 4.42. The van der Waals surface area contributed by atoms with Crippen molar-refractivity contribution in [3.63, 3.8) is 0 Å². The zero-order valence-electron chi connectivity index (χ0n) is 16.2. The van der Waals surface area contributed by atoms with Gasteiger partial charge in [-0.25, -0.2) is 0 Å². The normalized spacial score (nSPS) is 10.3. The second-order valence-electron chi connectivity index (χ2n) is 6.43. The maximum atomic E-state index is 13.0. The number of nitro benzene ring substituents is 1. The predicted octanol–water partition coefficient (Wildman–Crippen LogP) is 4.17. The van der Waals surface area contributed by atoms with Gasteiger partial charge in [-0.2, -0.15) is 0 Å². The van der Waals surface area contributed by atoms with E-state index in [-0.39, 0.29) is 34.2 Å². The summed E-state index contributed by atoms with van der Waals surface area (Å²) in [7, 11) is 1.40. The number of nitro groups is 1. The van der Waals surface area contributed by atoms with Gasteiger partial charge in [0.2, 0.25) is 5.91 Å². The van der Waals surface area contributed by atoms with Crippen LogP contribution >= 0.6 is 0 Å². The molecule has 8 heteroatoms. The van der Waals surface area contributed by atoms with Gasteiger partial charge >= 0.3 is 0 Å². The number of non-ortho nitro benzene ring substituents is 1. The lowest BCUT2D eigenvalue weighted by Gasteiger charge is -2.14. The maximum absolute atomic E-state index is 13.0. The molecular weight excluding hydrogens is 388 g/mol. The number of phenolic OH excluding ortho intramolecular Hbond substituents is 1. The number of hydrogen-bond donors (Lipinski definition) is 2. The summed E-state index contributed by atoms with van der Waals surface area (Å²) in [5.41, 5.74) is 1.23. The van der Waals surface area contributed by atoms with Gasteiger partial charge in [-0.1, -0.05) is 12.1 Å². The van der Waals surface area contributed by atoms with Gasteiger partial charge in [0.1, 0.15) is 11.5 Å². The predicted molar refractivity (Wildman–Crippen MR) is 111 cm³/mol. The van der Waals surface area contributed by atoms with Crippen molar-refractivity contribution in [2.75, 3.05) is 12.4 Å². The molecule has 0 bridgehead atoms. The van der Waals surface area contributed by atoms with Crippen LogP contribution < -0.4 is 10.1 Å². The monoisotopic (exact) mass is 406 g/mol. The Morgan fingerprint density at radius 2 is 1.77 bits per heavy atom. The van der Waals surface area contributed by atoms with Crippen LogP contribution in [0.4, 0.5) is 11.4 Å². The Hall–Kier alpha value is -4.20. The molecule has 0 heterocycles. The van der Waals surface area contributed by atoms with Crippen molar-refractivity contribution in [1.29, 1.82) is 0 Å². The maximum Gasteiger partial charge on any atom is 0.270 e. The zero-order valence-corrected chi connectivity index (χ0v) is 16.2. The molecule has 0 aromatic heterocycles. The fraction of sp³-hybridized carbons (Fsp3) is 0.0909. The molecule has 0 unspecified atom stereocenters. The lowest BCUT2D eigenvalue weighted by molar-refractivity contribution is -0.384. The second kappa shape index (κ2) is 8.44. The minimum absolute atomic E-state index is 0.0181. The van der Waals surface area contributed by atoms with Crippen LogP contribution in [0.15, 0.2) is 60.7 Å². The molecule has 0 fully saturated rings. The van der Waals surface area contributed by atoms with E-state index in [1.54, 1.807) is 18.2 Å². The van der Waals surface area contributed by atoms with Crippen LogP contribution in [0.3, 0.4) is 0 Å². The second-order valence-corrected chi connectivity index (χ2v) is 6.43. The van der Waals surface area contributed by atoms with E-state index >= 15 is 0 Å². The van der Waals surface area contributed by atoms with Gasteiger partial charge in [-0.15, -0.1) is 0 Å². The minimum Gasteiger partial charge on any atom is -0.506 e. The number of benzene rings is 3. The van der Waals surface area contributed by atoms with Gasteiger partial charge in [0.05, 0.1) is 23.2 Å². The lowest BCUT2D eigenvalue weighted by atomic mass is 9.95. The van der Waals surface area contributed by atoms with Crippen molar-refractivity contribution in [2.45, 2.75) is 6.92 Å². The molecular formula is C22H18N2O6. The molecule has 0 spiro atoms. The van der Waals surface area contributed by atoms with Crippen LogP contribution in [0.2, 0.25) is 0 Å². The molecule has 0 aliphatic heterocycles. The topological polar surface area (TPSA) is 119 Å². The number of amides is 1. The molecule has 0 aliphatic rings. The molecule has 0 saturated carbocycles. The highest BCUT2D eigenvalue weighted by Gasteiger charge is 2.22. The first-order valence-electron chi connectivity index (χ1n) is 8.89. The third kappa shape index (κ3) is 4.12. The van der Waals surface area contributed by atoms with E-state index in [1.807, 2.05) is 0 Å². The summed E-state index contributed by atoms with van der Waals surface area (Å²) in [5, 5.41) is 24.6. The van der Waals surface area contributed by atoms with Crippen molar-refractivity contribution in [3.05, 3.63) is 81.9 Å². The molecule has 0 aliphatic carbocycles. The molecule has 3 rings (SSSR count). The Balaban J connectivity index is 2.06. The quantitative estimate of drug-likeness (QED) is 0.360. The summed E-state index contributed by atoms with van der Waals surface area (Å²) in [6.07, 6.45) is 0. The van der Waals surface area contributed by atoms with Crippen molar-refractivity contribution >= 4 is 23.1 Å². The standard InChI is InChI=1S/C22H18N2O6/c1-13(25)23-16-8-6-14(7-9-16)21(26)18-10-11-19(30-2)20(22(18)27)15-4-3-5-17(12-15)24(28)29/h3-12,27H,1-2H3,(H,23,25). The lowest BCUT2D eigenvalue weighted by Crippen LogP contribution is -2.07. The molecule has 8 nitrogen and oxygen atoms in total. The molecule has 0 radical (unpaired) electrons. The SMILES string of the molecule is COc1ccc(C(=O)c2ccc(NC(C)=O)cc2)c(O)c1-c1cccc([N+](=O)[O-])c1. The number of phenols is 1. The van der Waals surface area contributed by atoms with E-state index in [1.165, 1.54) is 56.5 Å². The average Bonchev–Trinajstić information content (AvgIpc) is 2.73. The van der Waals surface area contributed by atoms with E-state index in [2.05, 4.69) is 5.32 Å². The summed E-state index contributed by atoms with van der Waals surface area (Å²) >= 11 is 0. The van der Waals surface area contributed by atoms with Gasteiger partial charge in [0.15, 0.2) is 5.78 Å². The number of aromatic hydroxyl groups is 1.